The monoisotopic (exact) mass is 372 g/mol. The van der Waals surface area contributed by atoms with Crippen molar-refractivity contribution in [2.45, 2.75) is 32.7 Å². The third kappa shape index (κ3) is 3.60. The zero-order chi connectivity index (χ0) is 18.9. The Balaban J connectivity index is 1.96. The standard InChI is InChI=1S/C20H24N2O3S/c1-15-10-12-18(13-11-15)22(26(3,24)25)16(2)20(23)21-14-6-8-17-7-4-5-9-19(17)21/h4-5,7,9-13,16H,6,8,14H2,1-3H3. The van der Waals surface area contributed by atoms with Crippen molar-refractivity contribution in [2.75, 3.05) is 22.0 Å². The Kier molecular flexibility index (Phi) is 5.05. The van der Waals surface area contributed by atoms with E-state index < -0.39 is 16.1 Å². The first-order chi connectivity index (χ1) is 12.3. The van der Waals surface area contributed by atoms with Gasteiger partial charge in [0.25, 0.3) is 5.91 Å². The molecule has 0 saturated carbocycles. The highest BCUT2D eigenvalue weighted by atomic mass is 32.2. The quantitative estimate of drug-likeness (QED) is 0.828. The summed E-state index contributed by atoms with van der Waals surface area (Å²) in [6.07, 6.45) is 2.95. The number of anilines is 2. The van der Waals surface area contributed by atoms with Gasteiger partial charge in [0.15, 0.2) is 0 Å². The maximum absolute atomic E-state index is 13.2. The minimum atomic E-state index is -3.61. The maximum atomic E-state index is 13.2. The lowest BCUT2D eigenvalue weighted by Crippen LogP contribution is -2.50. The van der Waals surface area contributed by atoms with Crippen molar-refractivity contribution < 1.29 is 13.2 Å². The largest absolute Gasteiger partial charge is 0.310 e. The average molecular weight is 372 g/mol. The van der Waals surface area contributed by atoms with Crippen molar-refractivity contribution in [3.05, 3.63) is 59.7 Å². The van der Waals surface area contributed by atoms with E-state index in [0.29, 0.717) is 12.2 Å². The molecule has 2 aromatic carbocycles. The van der Waals surface area contributed by atoms with Gasteiger partial charge >= 0.3 is 0 Å². The molecule has 0 spiro atoms. The van der Waals surface area contributed by atoms with Crippen LogP contribution in [0.5, 0.6) is 0 Å². The number of carbonyl (C=O) groups excluding carboxylic acids is 1. The van der Waals surface area contributed by atoms with E-state index in [0.717, 1.165) is 35.9 Å². The lowest BCUT2D eigenvalue weighted by molar-refractivity contribution is -0.119. The van der Waals surface area contributed by atoms with Crippen LogP contribution in [0.3, 0.4) is 0 Å². The second-order valence-corrected chi connectivity index (χ2v) is 8.65. The van der Waals surface area contributed by atoms with E-state index in [4.69, 9.17) is 0 Å². The summed E-state index contributed by atoms with van der Waals surface area (Å²) in [4.78, 5) is 14.9. The molecule has 0 bridgehead atoms. The number of aryl methyl sites for hydroxylation is 2. The second-order valence-electron chi connectivity index (χ2n) is 6.79. The van der Waals surface area contributed by atoms with Crippen LogP contribution in [0.4, 0.5) is 11.4 Å². The number of carbonyl (C=O) groups is 1. The number of hydrogen-bond donors (Lipinski definition) is 0. The van der Waals surface area contributed by atoms with E-state index in [-0.39, 0.29) is 5.91 Å². The van der Waals surface area contributed by atoms with Crippen molar-refractivity contribution in [1.82, 2.24) is 0 Å². The van der Waals surface area contributed by atoms with Crippen molar-refractivity contribution in [3.63, 3.8) is 0 Å². The lowest BCUT2D eigenvalue weighted by atomic mass is 10.0. The highest BCUT2D eigenvalue weighted by Gasteiger charge is 2.34. The smallest absolute Gasteiger partial charge is 0.250 e. The summed E-state index contributed by atoms with van der Waals surface area (Å²) in [5, 5.41) is 0. The fourth-order valence-electron chi connectivity index (χ4n) is 3.48. The molecule has 138 valence electrons. The molecule has 1 atom stereocenters. The molecular weight excluding hydrogens is 348 g/mol. The summed E-state index contributed by atoms with van der Waals surface area (Å²) in [7, 11) is -3.61. The fraction of sp³-hybridized carbons (Fsp3) is 0.350. The number of rotatable bonds is 4. The number of amides is 1. The number of nitrogens with zero attached hydrogens (tertiary/aromatic N) is 2. The van der Waals surface area contributed by atoms with Crippen LogP contribution >= 0.6 is 0 Å². The molecule has 0 saturated heterocycles. The van der Waals surface area contributed by atoms with Crippen LogP contribution in [-0.4, -0.2) is 33.2 Å². The Morgan fingerprint density at radius 2 is 1.77 bits per heavy atom. The molecule has 1 unspecified atom stereocenters. The maximum Gasteiger partial charge on any atom is 0.250 e. The van der Waals surface area contributed by atoms with E-state index in [1.165, 1.54) is 4.31 Å². The molecule has 5 nitrogen and oxygen atoms in total. The summed E-state index contributed by atoms with van der Waals surface area (Å²) in [6.45, 7) is 4.19. The molecule has 1 aliphatic heterocycles. The van der Waals surface area contributed by atoms with Crippen LogP contribution in [0.25, 0.3) is 0 Å². The molecule has 1 aliphatic rings. The van der Waals surface area contributed by atoms with Gasteiger partial charge in [-0.25, -0.2) is 8.42 Å². The molecule has 3 rings (SSSR count). The summed E-state index contributed by atoms with van der Waals surface area (Å²) >= 11 is 0. The van der Waals surface area contributed by atoms with Gasteiger partial charge in [-0.3, -0.25) is 9.10 Å². The molecule has 6 heteroatoms. The Bertz CT molecular complexity index is 907. The first-order valence-electron chi connectivity index (χ1n) is 8.74. The molecule has 2 aromatic rings. The zero-order valence-corrected chi connectivity index (χ0v) is 16.2. The van der Waals surface area contributed by atoms with Crippen LogP contribution in [0.2, 0.25) is 0 Å². The SMILES string of the molecule is Cc1ccc(N(C(C)C(=O)N2CCCc3ccccc32)S(C)(=O)=O)cc1. The fourth-order valence-corrected chi connectivity index (χ4v) is 4.65. The van der Waals surface area contributed by atoms with E-state index in [1.54, 1.807) is 24.0 Å². The highest BCUT2D eigenvalue weighted by Crippen LogP contribution is 2.29. The van der Waals surface area contributed by atoms with Gasteiger partial charge < -0.3 is 4.90 Å². The number of benzene rings is 2. The summed E-state index contributed by atoms with van der Waals surface area (Å²) in [5.41, 5.74) is 3.55. The van der Waals surface area contributed by atoms with Crippen LogP contribution in [0, 0.1) is 6.92 Å². The molecule has 0 N–H and O–H groups in total. The van der Waals surface area contributed by atoms with Gasteiger partial charge in [0.1, 0.15) is 6.04 Å². The molecule has 1 amide bonds. The Morgan fingerprint density at radius 1 is 1.12 bits per heavy atom. The topological polar surface area (TPSA) is 57.7 Å². The third-order valence-corrected chi connectivity index (χ3v) is 5.97. The Morgan fingerprint density at radius 3 is 2.42 bits per heavy atom. The van der Waals surface area contributed by atoms with Gasteiger partial charge in [-0.15, -0.1) is 0 Å². The van der Waals surface area contributed by atoms with Gasteiger partial charge in [-0.2, -0.15) is 0 Å². The van der Waals surface area contributed by atoms with Gasteiger partial charge in [0.2, 0.25) is 10.0 Å². The Hall–Kier alpha value is -2.34. The minimum Gasteiger partial charge on any atom is -0.310 e. The van der Waals surface area contributed by atoms with Gasteiger partial charge in [0.05, 0.1) is 11.9 Å². The molecule has 0 radical (unpaired) electrons. The normalized spacial score (nSPS) is 15.3. The average Bonchev–Trinajstić information content (AvgIpc) is 2.61. The van der Waals surface area contributed by atoms with E-state index >= 15 is 0 Å². The van der Waals surface area contributed by atoms with E-state index in [2.05, 4.69) is 0 Å². The van der Waals surface area contributed by atoms with Crippen molar-refractivity contribution in [3.8, 4) is 0 Å². The molecule has 0 aromatic heterocycles. The van der Waals surface area contributed by atoms with Gasteiger partial charge in [-0.05, 0) is 50.5 Å². The van der Waals surface area contributed by atoms with Crippen LogP contribution < -0.4 is 9.21 Å². The molecule has 0 fully saturated rings. The summed E-state index contributed by atoms with van der Waals surface area (Å²) in [6, 6.07) is 14.2. The predicted octanol–water partition coefficient (Wildman–Crippen LogP) is 3.13. The van der Waals surface area contributed by atoms with Crippen LogP contribution in [-0.2, 0) is 21.2 Å². The zero-order valence-electron chi connectivity index (χ0n) is 15.3. The third-order valence-electron chi connectivity index (χ3n) is 4.73. The molecule has 1 heterocycles. The van der Waals surface area contributed by atoms with Crippen molar-refractivity contribution in [1.29, 1.82) is 0 Å². The molecular formula is C20H24N2O3S. The lowest BCUT2D eigenvalue weighted by Gasteiger charge is -2.35. The van der Waals surface area contributed by atoms with Crippen molar-refractivity contribution >= 4 is 27.3 Å². The van der Waals surface area contributed by atoms with Crippen LogP contribution in [0.15, 0.2) is 48.5 Å². The van der Waals surface area contributed by atoms with Crippen LogP contribution in [0.1, 0.15) is 24.5 Å². The minimum absolute atomic E-state index is 0.205. The van der Waals surface area contributed by atoms with E-state index in [9.17, 15) is 13.2 Å². The van der Waals surface area contributed by atoms with E-state index in [1.807, 2.05) is 43.3 Å². The summed E-state index contributed by atoms with van der Waals surface area (Å²) < 4.78 is 26.1. The summed E-state index contributed by atoms with van der Waals surface area (Å²) in [5.74, 6) is -0.205. The second kappa shape index (κ2) is 7.11. The number of hydrogen-bond acceptors (Lipinski definition) is 3. The highest BCUT2D eigenvalue weighted by molar-refractivity contribution is 7.92. The Labute approximate surface area is 155 Å². The number of sulfonamides is 1. The predicted molar refractivity (Wildman–Crippen MR) is 105 cm³/mol. The van der Waals surface area contributed by atoms with Gasteiger partial charge in [-0.1, -0.05) is 35.9 Å². The van der Waals surface area contributed by atoms with Gasteiger partial charge in [0, 0.05) is 12.2 Å². The molecule has 26 heavy (non-hydrogen) atoms. The molecule has 0 aliphatic carbocycles. The first-order valence-corrected chi connectivity index (χ1v) is 10.6. The first kappa shape index (κ1) is 18.5. The number of fused-ring (bicyclic) bond motifs is 1. The number of para-hydroxylation sites is 1. The van der Waals surface area contributed by atoms with Crippen molar-refractivity contribution in [2.24, 2.45) is 0 Å².